The van der Waals surface area contributed by atoms with Crippen LogP contribution >= 0.6 is 24.0 Å². The lowest BCUT2D eigenvalue weighted by molar-refractivity contribution is 0.0195. The van der Waals surface area contributed by atoms with E-state index in [-0.39, 0.29) is 36.1 Å². The molecule has 2 heterocycles. The summed E-state index contributed by atoms with van der Waals surface area (Å²) in [6.45, 7) is 8.23. The van der Waals surface area contributed by atoms with Crippen molar-refractivity contribution in [2.24, 2.45) is 4.99 Å². The molecule has 146 valence electrons. The highest BCUT2D eigenvalue weighted by Gasteiger charge is 2.30. The fourth-order valence-electron chi connectivity index (χ4n) is 3.43. The first-order valence-electron chi connectivity index (χ1n) is 8.96. The number of likely N-dealkylation sites (tertiary alicyclic amines) is 1. The molecule has 1 atom stereocenters. The molecule has 5 nitrogen and oxygen atoms in total. The molecule has 2 saturated heterocycles. The van der Waals surface area contributed by atoms with Crippen LogP contribution in [0.4, 0.5) is 8.78 Å². The average molecular weight is 480 g/mol. The summed E-state index contributed by atoms with van der Waals surface area (Å²) in [5.74, 6) is -0.0966. The van der Waals surface area contributed by atoms with Crippen molar-refractivity contribution in [3.05, 3.63) is 35.4 Å². The lowest BCUT2D eigenvalue weighted by atomic mass is 10.2. The zero-order valence-corrected chi connectivity index (χ0v) is 17.4. The fourth-order valence-corrected chi connectivity index (χ4v) is 3.43. The second kappa shape index (κ2) is 10.4. The van der Waals surface area contributed by atoms with E-state index in [9.17, 15) is 8.78 Å². The molecule has 3 rings (SSSR count). The van der Waals surface area contributed by atoms with Gasteiger partial charge in [-0.25, -0.2) is 13.8 Å². The quantitative estimate of drug-likeness (QED) is 0.409. The normalized spacial score (nSPS) is 21.6. The van der Waals surface area contributed by atoms with Crippen molar-refractivity contribution in [3.8, 4) is 0 Å². The molecule has 0 bridgehead atoms. The van der Waals surface area contributed by atoms with Crippen molar-refractivity contribution in [3.63, 3.8) is 0 Å². The second-order valence-electron chi connectivity index (χ2n) is 6.44. The molecule has 0 radical (unpaired) electrons. The number of nitrogens with zero attached hydrogens (tertiary/aromatic N) is 3. The summed E-state index contributed by atoms with van der Waals surface area (Å²) < 4.78 is 32.5. The third-order valence-electron chi connectivity index (χ3n) is 4.77. The molecule has 0 amide bonds. The van der Waals surface area contributed by atoms with Crippen molar-refractivity contribution in [1.82, 2.24) is 15.1 Å². The Hall–Kier alpha value is -1.00. The minimum atomic E-state index is -0.440. The summed E-state index contributed by atoms with van der Waals surface area (Å²) in [7, 11) is 0. The van der Waals surface area contributed by atoms with Gasteiger partial charge in [0, 0.05) is 44.3 Å². The first-order valence-corrected chi connectivity index (χ1v) is 8.96. The number of benzene rings is 1. The predicted octanol–water partition coefficient (Wildman–Crippen LogP) is 2.45. The van der Waals surface area contributed by atoms with Gasteiger partial charge < -0.3 is 15.0 Å². The number of morpholine rings is 1. The number of hydrogen-bond donors (Lipinski definition) is 1. The molecular weight excluding hydrogens is 453 g/mol. The zero-order chi connectivity index (χ0) is 17.6. The van der Waals surface area contributed by atoms with Gasteiger partial charge in [0.1, 0.15) is 11.6 Å². The van der Waals surface area contributed by atoms with Gasteiger partial charge in [0.15, 0.2) is 5.96 Å². The minimum Gasteiger partial charge on any atom is -0.379 e. The summed E-state index contributed by atoms with van der Waals surface area (Å²) in [4.78, 5) is 9.21. The number of ether oxygens (including phenoxy) is 1. The Morgan fingerprint density at radius 3 is 2.77 bits per heavy atom. The van der Waals surface area contributed by atoms with Crippen LogP contribution in [-0.4, -0.2) is 67.7 Å². The molecule has 2 aliphatic rings. The molecule has 2 aliphatic heterocycles. The van der Waals surface area contributed by atoms with E-state index < -0.39 is 11.6 Å². The summed E-state index contributed by atoms with van der Waals surface area (Å²) in [6, 6.07) is 3.99. The second-order valence-corrected chi connectivity index (χ2v) is 6.44. The molecule has 0 spiro atoms. The summed E-state index contributed by atoms with van der Waals surface area (Å²) in [5, 5.41) is 3.27. The summed E-state index contributed by atoms with van der Waals surface area (Å²) >= 11 is 0. The van der Waals surface area contributed by atoms with Crippen LogP contribution in [0.25, 0.3) is 0 Å². The van der Waals surface area contributed by atoms with Crippen LogP contribution in [0, 0.1) is 11.6 Å². The van der Waals surface area contributed by atoms with Gasteiger partial charge in [0.25, 0.3) is 0 Å². The van der Waals surface area contributed by atoms with Gasteiger partial charge in [0.2, 0.25) is 0 Å². The highest BCUT2D eigenvalue weighted by Crippen LogP contribution is 2.18. The third-order valence-corrected chi connectivity index (χ3v) is 4.77. The molecule has 8 heteroatoms. The molecule has 0 aliphatic carbocycles. The van der Waals surface area contributed by atoms with Gasteiger partial charge in [-0.2, -0.15) is 0 Å². The van der Waals surface area contributed by atoms with Crippen LogP contribution in [0.1, 0.15) is 18.9 Å². The number of rotatable bonds is 4. The highest BCUT2D eigenvalue weighted by atomic mass is 127. The lowest BCUT2D eigenvalue weighted by Crippen LogP contribution is -2.46. The van der Waals surface area contributed by atoms with E-state index in [0.29, 0.717) is 6.04 Å². The van der Waals surface area contributed by atoms with Crippen LogP contribution in [0.5, 0.6) is 0 Å². The van der Waals surface area contributed by atoms with E-state index in [1.165, 1.54) is 6.07 Å². The molecular formula is C18H27F2IN4O. The number of guanidine groups is 1. The van der Waals surface area contributed by atoms with Gasteiger partial charge in [0.05, 0.1) is 19.8 Å². The summed E-state index contributed by atoms with van der Waals surface area (Å²) in [5.41, 5.74) is 0.277. The van der Waals surface area contributed by atoms with Crippen molar-refractivity contribution in [1.29, 1.82) is 0 Å². The number of hydrogen-bond acceptors (Lipinski definition) is 3. The molecule has 1 aromatic carbocycles. The van der Waals surface area contributed by atoms with Gasteiger partial charge in [-0.15, -0.1) is 24.0 Å². The van der Waals surface area contributed by atoms with Crippen LogP contribution in [0.15, 0.2) is 23.2 Å². The van der Waals surface area contributed by atoms with Gasteiger partial charge in [-0.05, 0) is 31.5 Å². The van der Waals surface area contributed by atoms with Crippen molar-refractivity contribution < 1.29 is 13.5 Å². The Morgan fingerprint density at radius 1 is 1.27 bits per heavy atom. The monoisotopic (exact) mass is 480 g/mol. The van der Waals surface area contributed by atoms with Crippen molar-refractivity contribution in [2.75, 3.05) is 45.9 Å². The SMILES string of the molecule is CCNC(=NCc1cc(F)ccc1F)N1CCC(N2CCOCC2)C1.I. The van der Waals surface area contributed by atoms with E-state index in [0.717, 1.165) is 70.5 Å². The van der Waals surface area contributed by atoms with Crippen LogP contribution < -0.4 is 5.32 Å². The Balaban J connectivity index is 0.00000243. The van der Waals surface area contributed by atoms with Crippen molar-refractivity contribution >= 4 is 29.9 Å². The molecule has 0 aromatic heterocycles. The Morgan fingerprint density at radius 2 is 2.04 bits per heavy atom. The van der Waals surface area contributed by atoms with E-state index in [4.69, 9.17) is 4.74 Å². The molecule has 1 unspecified atom stereocenters. The number of aliphatic imine (C=N–C) groups is 1. The topological polar surface area (TPSA) is 40.1 Å². The maximum absolute atomic E-state index is 13.8. The van der Waals surface area contributed by atoms with E-state index in [1.807, 2.05) is 6.92 Å². The van der Waals surface area contributed by atoms with Crippen LogP contribution in [0.3, 0.4) is 0 Å². The van der Waals surface area contributed by atoms with E-state index in [2.05, 4.69) is 20.1 Å². The van der Waals surface area contributed by atoms with Gasteiger partial charge in [-0.1, -0.05) is 0 Å². The maximum Gasteiger partial charge on any atom is 0.194 e. The van der Waals surface area contributed by atoms with Crippen LogP contribution in [-0.2, 0) is 11.3 Å². The number of halogens is 3. The van der Waals surface area contributed by atoms with Crippen LogP contribution in [0.2, 0.25) is 0 Å². The fraction of sp³-hybridized carbons (Fsp3) is 0.611. The maximum atomic E-state index is 13.8. The van der Waals surface area contributed by atoms with E-state index >= 15 is 0 Å². The first-order chi connectivity index (χ1) is 12.2. The molecule has 1 N–H and O–H groups in total. The predicted molar refractivity (Wildman–Crippen MR) is 109 cm³/mol. The molecule has 0 saturated carbocycles. The Labute approximate surface area is 170 Å². The molecule has 26 heavy (non-hydrogen) atoms. The van der Waals surface area contributed by atoms with Gasteiger partial charge >= 0.3 is 0 Å². The minimum absolute atomic E-state index is 0. The third kappa shape index (κ3) is 5.50. The zero-order valence-electron chi connectivity index (χ0n) is 15.1. The number of nitrogens with one attached hydrogen (secondary N) is 1. The largest absolute Gasteiger partial charge is 0.379 e. The Kier molecular flexibility index (Phi) is 8.49. The summed E-state index contributed by atoms with van der Waals surface area (Å²) in [6.07, 6.45) is 1.08. The average Bonchev–Trinajstić information content (AvgIpc) is 3.12. The first kappa shape index (κ1) is 21.3. The lowest BCUT2D eigenvalue weighted by Gasteiger charge is -2.32. The molecule has 2 fully saturated rings. The van der Waals surface area contributed by atoms with E-state index in [1.54, 1.807) is 0 Å². The molecule has 1 aromatic rings. The smallest absolute Gasteiger partial charge is 0.194 e. The Bertz CT molecular complexity index is 611. The van der Waals surface area contributed by atoms with Crippen molar-refractivity contribution in [2.45, 2.75) is 25.9 Å². The van der Waals surface area contributed by atoms with Gasteiger partial charge in [-0.3, -0.25) is 4.90 Å². The standard InChI is InChI=1S/C18H26F2N4O.HI/c1-2-21-18(22-12-14-11-15(19)3-4-17(14)20)24-6-5-16(13-24)23-7-9-25-10-8-23;/h3-4,11,16H,2,5-10,12-13H2,1H3,(H,21,22);1H. The highest BCUT2D eigenvalue weighted by molar-refractivity contribution is 14.0.